The summed E-state index contributed by atoms with van der Waals surface area (Å²) in [6, 6.07) is 7.49. The van der Waals surface area contributed by atoms with Crippen LogP contribution in [0.3, 0.4) is 0 Å². The highest BCUT2D eigenvalue weighted by Gasteiger charge is 2.31. The Balaban J connectivity index is 1.70. The van der Waals surface area contributed by atoms with Crippen molar-refractivity contribution in [3.05, 3.63) is 41.4 Å². The van der Waals surface area contributed by atoms with Crippen molar-refractivity contribution < 1.29 is 8.91 Å². The van der Waals surface area contributed by atoms with Gasteiger partial charge < -0.3 is 4.52 Å². The van der Waals surface area contributed by atoms with Crippen LogP contribution in [0, 0.1) is 5.82 Å². The molecule has 0 radical (unpaired) electrons. The number of aromatic nitrogens is 1. The topological polar surface area (TPSA) is 29.3 Å². The van der Waals surface area contributed by atoms with Crippen LogP contribution in [-0.4, -0.2) is 22.6 Å². The Morgan fingerprint density at radius 2 is 2.10 bits per heavy atom. The van der Waals surface area contributed by atoms with E-state index in [9.17, 15) is 4.39 Å². The molecule has 3 nitrogen and oxygen atoms in total. The predicted molar refractivity (Wildman–Crippen MR) is 73.7 cm³/mol. The molecule has 104 valence electrons. The third-order valence-electron chi connectivity index (χ3n) is 4.58. The van der Waals surface area contributed by atoms with Gasteiger partial charge in [-0.25, -0.2) is 4.39 Å². The quantitative estimate of drug-likeness (QED) is 0.839. The minimum atomic E-state index is -0.232. The summed E-state index contributed by atoms with van der Waals surface area (Å²) < 4.78 is 19.4. The lowest BCUT2D eigenvalue weighted by atomic mass is 9.89. The first-order valence-electron chi connectivity index (χ1n) is 7.29. The third kappa shape index (κ3) is 1.86. The van der Waals surface area contributed by atoms with Crippen molar-refractivity contribution in [1.82, 2.24) is 10.1 Å². The summed E-state index contributed by atoms with van der Waals surface area (Å²) >= 11 is 0. The highest BCUT2D eigenvalue weighted by molar-refractivity contribution is 5.64. The molecule has 0 unspecified atom stereocenters. The van der Waals surface area contributed by atoms with E-state index in [4.69, 9.17) is 4.52 Å². The molecule has 4 rings (SSSR count). The van der Waals surface area contributed by atoms with Gasteiger partial charge in [-0.3, -0.25) is 4.90 Å². The molecule has 1 aliphatic carbocycles. The second kappa shape index (κ2) is 4.70. The van der Waals surface area contributed by atoms with Crippen molar-refractivity contribution in [2.75, 3.05) is 6.54 Å². The van der Waals surface area contributed by atoms with E-state index >= 15 is 0 Å². The molecular formula is C16H17FN2O. The largest absolute Gasteiger partial charge is 0.360 e. The van der Waals surface area contributed by atoms with Crippen LogP contribution in [-0.2, 0) is 13.0 Å². The molecule has 1 fully saturated rings. The maximum Gasteiger partial charge on any atom is 0.143 e. The van der Waals surface area contributed by atoms with Gasteiger partial charge in [0.05, 0.1) is 0 Å². The molecule has 1 aromatic carbocycles. The molecule has 0 bridgehead atoms. The minimum absolute atomic E-state index is 0.232. The molecule has 2 aliphatic rings. The Kier molecular flexibility index (Phi) is 2.84. The lowest BCUT2D eigenvalue weighted by Gasteiger charge is -2.39. The molecule has 20 heavy (non-hydrogen) atoms. The van der Waals surface area contributed by atoms with Crippen LogP contribution in [0.4, 0.5) is 4.39 Å². The molecule has 0 amide bonds. The smallest absolute Gasteiger partial charge is 0.143 e. The molecule has 1 saturated carbocycles. The van der Waals surface area contributed by atoms with Crippen LogP contribution in [0.25, 0.3) is 11.3 Å². The van der Waals surface area contributed by atoms with Crippen molar-refractivity contribution in [1.29, 1.82) is 0 Å². The molecule has 2 heterocycles. The van der Waals surface area contributed by atoms with E-state index in [1.165, 1.54) is 25.3 Å². The summed E-state index contributed by atoms with van der Waals surface area (Å²) in [7, 11) is 0. The fourth-order valence-electron chi connectivity index (χ4n) is 3.16. The van der Waals surface area contributed by atoms with Crippen LogP contribution in [0.1, 0.15) is 30.6 Å². The van der Waals surface area contributed by atoms with E-state index in [1.54, 1.807) is 12.1 Å². The van der Waals surface area contributed by atoms with Gasteiger partial charge in [-0.2, -0.15) is 0 Å². The lowest BCUT2D eigenvalue weighted by Crippen LogP contribution is -2.42. The van der Waals surface area contributed by atoms with Crippen molar-refractivity contribution in [3.63, 3.8) is 0 Å². The van der Waals surface area contributed by atoms with E-state index in [2.05, 4.69) is 10.1 Å². The molecule has 0 N–H and O–H groups in total. The molecular weight excluding hydrogens is 255 g/mol. The summed E-state index contributed by atoms with van der Waals surface area (Å²) in [5.74, 6) is 0.697. The van der Waals surface area contributed by atoms with Gasteiger partial charge in [0, 0.05) is 36.7 Å². The Labute approximate surface area is 117 Å². The number of benzene rings is 1. The molecule has 0 atom stereocenters. The van der Waals surface area contributed by atoms with Gasteiger partial charge in [-0.05, 0) is 25.0 Å². The second-order valence-corrected chi connectivity index (χ2v) is 5.72. The first kappa shape index (κ1) is 12.1. The number of nitrogens with zero attached hydrogens (tertiary/aromatic N) is 2. The molecule has 0 spiro atoms. The standard InChI is InChI=1S/C16H17FN2O/c17-14-7-2-1-6-12(14)16-13-10-19(11-4-3-5-11)9-8-15(13)20-18-16/h1-2,6-7,11H,3-5,8-10H2. The van der Waals surface area contributed by atoms with Crippen LogP contribution < -0.4 is 0 Å². The van der Waals surface area contributed by atoms with Crippen LogP contribution >= 0.6 is 0 Å². The zero-order valence-electron chi connectivity index (χ0n) is 11.3. The summed E-state index contributed by atoms with van der Waals surface area (Å²) in [6.45, 7) is 1.87. The van der Waals surface area contributed by atoms with Gasteiger partial charge in [-0.1, -0.05) is 23.7 Å². The first-order valence-corrected chi connectivity index (χ1v) is 7.29. The summed E-state index contributed by atoms with van der Waals surface area (Å²) in [6.07, 6.45) is 4.79. The van der Waals surface area contributed by atoms with Gasteiger partial charge in [0.1, 0.15) is 17.3 Å². The van der Waals surface area contributed by atoms with Crippen LogP contribution in [0.2, 0.25) is 0 Å². The number of fused-ring (bicyclic) bond motifs is 1. The maximum absolute atomic E-state index is 14.0. The van der Waals surface area contributed by atoms with E-state index in [1.807, 2.05) is 6.07 Å². The number of hydrogen-bond acceptors (Lipinski definition) is 3. The lowest BCUT2D eigenvalue weighted by molar-refractivity contribution is 0.109. The zero-order chi connectivity index (χ0) is 13.5. The average Bonchev–Trinajstić information content (AvgIpc) is 2.80. The van der Waals surface area contributed by atoms with Gasteiger partial charge in [-0.15, -0.1) is 0 Å². The average molecular weight is 272 g/mol. The summed E-state index contributed by atoms with van der Waals surface area (Å²) in [4.78, 5) is 2.49. The van der Waals surface area contributed by atoms with Crippen LogP contribution in [0.15, 0.2) is 28.8 Å². The second-order valence-electron chi connectivity index (χ2n) is 5.72. The van der Waals surface area contributed by atoms with Crippen molar-refractivity contribution in [2.45, 2.75) is 38.3 Å². The van der Waals surface area contributed by atoms with E-state index in [0.717, 1.165) is 30.8 Å². The van der Waals surface area contributed by atoms with Crippen molar-refractivity contribution in [3.8, 4) is 11.3 Å². The molecule has 2 aromatic rings. The number of hydrogen-bond donors (Lipinski definition) is 0. The Morgan fingerprint density at radius 3 is 2.85 bits per heavy atom. The monoisotopic (exact) mass is 272 g/mol. The molecule has 1 aliphatic heterocycles. The Morgan fingerprint density at radius 1 is 1.25 bits per heavy atom. The maximum atomic E-state index is 14.0. The fourth-order valence-corrected chi connectivity index (χ4v) is 3.16. The third-order valence-corrected chi connectivity index (χ3v) is 4.58. The zero-order valence-corrected chi connectivity index (χ0v) is 11.3. The molecule has 4 heteroatoms. The van der Waals surface area contributed by atoms with E-state index in [0.29, 0.717) is 17.3 Å². The van der Waals surface area contributed by atoms with Gasteiger partial charge in [0.25, 0.3) is 0 Å². The van der Waals surface area contributed by atoms with Gasteiger partial charge in [0.2, 0.25) is 0 Å². The number of rotatable bonds is 2. The minimum Gasteiger partial charge on any atom is -0.360 e. The van der Waals surface area contributed by atoms with E-state index < -0.39 is 0 Å². The highest BCUT2D eigenvalue weighted by Crippen LogP contribution is 2.34. The first-order chi connectivity index (χ1) is 9.83. The Bertz CT molecular complexity index is 633. The summed E-state index contributed by atoms with van der Waals surface area (Å²) in [5.41, 5.74) is 2.31. The van der Waals surface area contributed by atoms with Gasteiger partial charge in [0.15, 0.2) is 0 Å². The fraction of sp³-hybridized carbons (Fsp3) is 0.438. The normalized spacial score (nSPS) is 19.6. The predicted octanol–water partition coefficient (Wildman–Crippen LogP) is 3.39. The summed E-state index contributed by atoms with van der Waals surface area (Å²) in [5, 5.41) is 4.12. The highest BCUT2D eigenvalue weighted by atomic mass is 19.1. The Hall–Kier alpha value is -1.68. The molecule has 0 saturated heterocycles. The van der Waals surface area contributed by atoms with E-state index in [-0.39, 0.29) is 5.82 Å². The van der Waals surface area contributed by atoms with Gasteiger partial charge >= 0.3 is 0 Å². The van der Waals surface area contributed by atoms with Crippen molar-refractivity contribution >= 4 is 0 Å². The molecule has 1 aromatic heterocycles. The van der Waals surface area contributed by atoms with Crippen molar-refractivity contribution in [2.24, 2.45) is 0 Å². The number of halogens is 1. The van der Waals surface area contributed by atoms with Crippen LogP contribution in [0.5, 0.6) is 0 Å². The SMILES string of the molecule is Fc1ccccc1-c1noc2c1CN(C1CCC1)CC2.